The van der Waals surface area contributed by atoms with Crippen molar-refractivity contribution in [1.29, 1.82) is 0 Å². The van der Waals surface area contributed by atoms with Crippen molar-refractivity contribution in [3.8, 4) is 17.2 Å². The summed E-state index contributed by atoms with van der Waals surface area (Å²) in [5.41, 5.74) is 0.898. The fourth-order valence-corrected chi connectivity index (χ4v) is 1.95. The molecule has 2 rings (SSSR count). The third-order valence-electron chi connectivity index (χ3n) is 3.06. The van der Waals surface area contributed by atoms with Gasteiger partial charge in [-0.1, -0.05) is 0 Å². The molecule has 0 saturated carbocycles. The molecule has 0 radical (unpaired) electrons. The molecule has 22 heavy (non-hydrogen) atoms. The highest BCUT2D eigenvalue weighted by Crippen LogP contribution is 2.24. The SMILES string of the molecule is CCOc1ccc(C(=O)O)cc1COc1ccc(OC)cc1. The molecule has 0 atom stereocenters. The van der Waals surface area contributed by atoms with E-state index in [1.54, 1.807) is 43.5 Å². The minimum atomic E-state index is -0.978. The summed E-state index contributed by atoms with van der Waals surface area (Å²) >= 11 is 0. The average Bonchev–Trinajstić information content (AvgIpc) is 2.54. The Morgan fingerprint density at radius 2 is 1.73 bits per heavy atom. The van der Waals surface area contributed by atoms with Crippen LogP contribution in [0.4, 0.5) is 0 Å². The molecule has 0 aliphatic rings. The lowest BCUT2D eigenvalue weighted by atomic mass is 10.1. The molecule has 0 bridgehead atoms. The lowest BCUT2D eigenvalue weighted by molar-refractivity contribution is 0.0696. The quantitative estimate of drug-likeness (QED) is 0.849. The van der Waals surface area contributed by atoms with Crippen LogP contribution < -0.4 is 14.2 Å². The molecular formula is C17H18O5. The molecule has 116 valence electrons. The van der Waals surface area contributed by atoms with E-state index in [1.165, 1.54) is 6.07 Å². The number of carbonyl (C=O) groups is 1. The Labute approximate surface area is 129 Å². The molecule has 0 amide bonds. The molecule has 0 fully saturated rings. The topological polar surface area (TPSA) is 65.0 Å². The molecular weight excluding hydrogens is 284 g/mol. The van der Waals surface area contributed by atoms with E-state index in [0.29, 0.717) is 23.7 Å². The second-order valence-corrected chi connectivity index (χ2v) is 4.52. The minimum Gasteiger partial charge on any atom is -0.497 e. The number of benzene rings is 2. The zero-order valence-corrected chi connectivity index (χ0v) is 12.5. The fourth-order valence-electron chi connectivity index (χ4n) is 1.95. The van der Waals surface area contributed by atoms with E-state index in [4.69, 9.17) is 19.3 Å². The van der Waals surface area contributed by atoms with Crippen LogP contribution in [0.1, 0.15) is 22.8 Å². The molecule has 0 aliphatic heterocycles. The van der Waals surface area contributed by atoms with Crippen LogP contribution in [0.25, 0.3) is 0 Å². The summed E-state index contributed by atoms with van der Waals surface area (Å²) in [5.74, 6) is 1.06. The molecule has 5 nitrogen and oxygen atoms in total. The van der Waals surface area contributed by atoms with Gasteiger partial charge in [0.25, 0.3) is 0 Å². The predicted octanol–water partition coefficient (Wildman–Crippen LogP) is 3.37. The van der Waals surface area contributed by atoms with Gasteiger partial charge in [0.15, 0.2) is 0 Å². The van der Waals surface area contributed by atoms with Gasteiger partial charge in [0.05, 0.1) is 19.3 Å². The summed E-state index contributed by atoms with van der Waals surface area (Å²) in [6.45, 7) is 2.60. The average molecular weight is 302 g/mol. The van der Waals surface area contributed by atoms with Crippen LogP contribution >= 0.6 is 0 Å². The Hall–Kier alpha value is -2.69. The highest BCUT2D eigenvalue weighted by atomic mass is 16.5. The molecule has 0 heterocycles. The molecule has 0 spiro atoms. The first-order valence-electron chi connectivity index (χ1n) is 6.90. The summed E-state index contributed by atoms with van der Waals surface area (Å²) in [6, 6.07) is 11.9. The van der Waals surface area contributed by atoms with E-state index in [2.05, 4.69) is 0 Å². The lowest BCUT2D eigenvalue weighted by Gasteiger charge is -2.12. The van der Waals surface area contributed by atoms with Gasteiger partial charge in [-0.15, -0.1) is 0 Å². The molecule has 2 aromatic rings. The number of carboxylic acids is 1. The van der Waals surface area contributed by atoms with Crippen molar-refractivity contribution in [1.82, 2.24) is 0 Å². The van der Waals surface area contributed by atoms with Gasteiger partial charge in [-0.25, -0.2) is 4.79 Å². The Bertz CT molecular complexity index is 634. The smallest absolute Gasteiger partial charge is 0.335 e. The lowest BCUT2D eigenvalue weighted by Crippen LogP contribution is -2.04. The van der Waals surface area contributed by atoms with Crippen LogP contribution in [0.3, 0.4) is 0 Å². The van der Waals surface area contributed by atoms with Gasteiger partial charge in [-0.3, -0.25) is 0 Å². The van der Waals surface area contributed by atoms with Gasteiger partial charge in [-0.2, -0.15) is 0 Å². The van der Waals surface area contributed by atoms with Crippen molar-refractivity contribution in [2.45, 2.75) is 13.5 Å². The Morgan fingerprint density at radius 3 is 2.32 bits per heavy atom. The second kappa shape index (κ2) is 7.36. The van der Waals surface area contributed by atoms with Gasteiger partial charge in [-0.05, 0) is 49.4 Å². The predicted molar refractivity (Wildman–Crippen MR) is 81.9 cm³/mol. The van der Waals surface area contributed by atoms with Gasteiger partial charge in [0.1, 0.15) is 23.9 Å². The normalized spacial score (nSPS) is 10.1. The van der Waals surface area contributed by atoms with Gasteiger partial charge in [0.2, 0.25) is 0 Å². The van der Waals surface area contributed by atoms with Crippen LogP contribution in [-0.4, -0.2) is 24.8 Å². The Balaban J connectivity index is 2.15. The Morgan fingerprint density at radius 1 is 1.05 bits per heavy atom. The van der Waals surface area contributed by atoms with E-state index < -0.39 is 5.97 Å². The molecule has 1 N–H and O–H groups in total. The zero-order chi connectivity index (χ0) is 15.9. The number of hydrogen-bond donors (Lipinski definition) is 1. The van der Waals surface area contributed by atoms with Crippen LogP contribution in [0, 0.1) is 0 Å². The fraction of sp³-hybridized carbons (Fsp3) is 0.235. The van der Waals surface area contributed by atoms with Crippen molar-refractivity contribution < 1.29 is 24.1 Å². The number of aromatic carboxylic acids is 1. The van der Waals surface area contributed by atoms with Gasteiger partial charge >= 0.3 is 5.97 Å². The van der Waals surface area contributed by atoms with Crippen LogP contribution in [-0.2, 0) is 6.61 Å². The summed E-state index contributed by atoms with van der Waals surface area (Å²) in [6.07, 6.45) is 0. The number of carboxylic acid groups (broad SMARTS) is 1. The molecule has 0 unspecified atom stereocenters. The molecule has 0 aromatic heterocycles. The van der Waals surface area contributed by atoms with Crippen LogP contribution in [0.5, 0.6) is 17.2 Å². The largest absolute Gasteiger partial charge is 0.497 e. The van der Waals surface area contributed by atoms with Crippen LogP contribution in [0.2, 0.25) is 0 Å². The number of methoxy groups -OCH3 is 1. The number of ether oxygens (including phenoxy) is 3. The van der Waals surface area contributed by atoms with Crippen molar-refractivity contribution in [3.63, 3.8) is 0 Å². The zero-order valence-electron chi connectivity index (χ0n) is 12.5. The Kier molecular flexibility index (Phi) is 5.25. The first-order valence-corrected chi connectivity index (χ1v) is 6.90. The maximum atomic E-state index is 11.1. The molecule has 2 aromatic carbocycles. The number of rotatable bonds is 7. The molecule has 0 aliphatic carbocycles. The van der Waals surface area contributed by atoms with E-state index >= 15 is 0 Å². The van der Waals surface area contributed by atoms with Crippen molar-refractivity contribution in [2.75, 3.05) is 13.7 Å². The monoisotopic (exact) mass is 302 g/mol. The van der Waals surface area contributed by atoms with E-state index in [-0.39, 0.29) is 12.2 Å². The third-order valence-corrected chi connectivity index (χ3v) is 3.06. The maximum Gasteiger partial charge on any atom is 0.335 e. The summed E-state index contributed by atoms with van der Waals surface area (Å²) in [5, 5.41) is 9.08. The van der Waals surface area contributed by atoms with E-state index in [0.717, 1.165) is 5.75 Å². The highest BCUT2D eigenvalue weighted by molar-refractivity contribution is 5.88. The highest BCUT2D eigenvalue weighted by Gasteiger charge is 2.10. The first kappa shape index (κ1) is 15.7. The summed E-state index contributed by atoms with van der Waals surface area (Å²) in [7, 11) is 1.60. The second-order valence-electron chi connectivity index (χ2n) is 4.52. The summed E-state index contributed by atoms with van der Waals surface area (Å²) in [4.78, 5) is 11.1. The summed E-state index contributed by atoms with van der Waals surface area (Å²) < 4.78 is 16.3. The van der Waals surface area contributed by atoms with Gasteiger partial charge in [0, 0.05) is 5.56 Å². The number of hydrogen-bond acceptors (Lipinski definition) is 4. The van der Waals surface area contributed by atoms with E-state index in [1.807, 2.05) is 6.92 Å². The minimum absolute atomic E-state index is 0.205. The van der Waals surface area contributed by atoms with Gasteiger partial charge < -0.3 is 19.3 Å². The third kappa shape index (κ3) is 3.91. The van der Waals surface area contributed by atoms with E-state index in [9.17, 15) is 4.79 Å². The molecule has 0 saturated heterocycles. The van der Waals surface area contributed by atoms with Crippen molar-refractivity contribution in [3.05, 3.63) is 53.6 Å². The van der Waals surface area contributed by atoms with Crippen molar-refractivity contribution >= 4 is 5.97 Å². The first-order chi connectivity index (χ1) is 10.6. The molecule has 5 heteroatoms. The van der Waals surface area contributed by atoms with Crippen molar-refractivity contribution in [2.24, 2.45) is 0 Å². The standard InChI is InChI=1S/C17H18O5/c1-3-21-16-9-4-12(17(18)19)10-13(16)11-22-15-7-5-14(20-2)6-8-15/h4-10H,3,11H2,1-2H3,(H,18,19). The maximum absolute atomic E-state index is 11.1. The van der Waals surface area contributed by atoms with Crippen LogP contribution in [0.15, 0.2) is 42.5 Å².